The number of rotatable bonds is 5. The van der Waals surface area contributed by atoms with E-state index in [0.717, 1.165) is 5.56 Å². The summed E-state index contributed by atoms with van der Waals surface area (Å²) < 4.78 is 0. The van der Waals surface area contributed by atoms with Crippen LogP contribution in [0.4, 0.5) is 0 Å². The summed E-state index contributed by atoms with van der Waals surface area (Å²) in [5.41, 5.74) is 3.19. The molecule has 0 heterocycles. The maximum atomic E-state index is 11.4. The molecule has 0 unspecified atom stereocenters. The Hall–Kier alpha value is -1.39. The molecule has 0 fully saturated rings. The first kappa shape index (κ1) is 11.7. The maximum Gasteiger partial charge on any atom is 0.237 e. The molecule has 4 heteroatoms. The number of aliphatic hydroxyl groups is 1. The number of nitrogens with one attached hydrogen (secondary N) is 1. The zero-order valence-electron chi connectivity index (χ0n) is 8.52. The van der Waals surface area contributed by atoms with Gasteiger partial charge in [0.2, 0.25) is 5.91 Å². The van der Waals surface area contributed by atoms with Gasteiger partial charge in [0, 0.05) is 12.5 Å². The minimum Gasteiger partial charge on any atom is -0.396 e. The highest BCUT2D eigenvalue weighted by Crippen LogP contribution is 2.11. The van der Waals surface area contributed by atoms with Gasteiger partial charge in [-0.2, -0.15) is 0 Å². The second kappa shape index (κ2) is 6.16. The summed E-state index contributed by atoms with van der Waals surface area (Å²) in [5.74, 6) is 4.59. The zero-order valence-corrected chi connectivity index (χ0v) is 8.52. The van der Waals surface area contributed by atoms with Crippen LogP contribution in [0.3, 0.4) is 0 Å². The fourth-order valence-electron chi connectivity index (χ4n) is 1.50. The van der Waals surface area contributed by atoms with E-state index in [4.69, 9.17) is 10.9 Å². The average molecular weight is 208 g/mol. The smallest absolute Gasteiger partial charge is 0.237 e. The van der Waals surface area contributed by atoms with Gasteiger partial charge in [0.15, 0.2) is 0 Å². The molecule has 0 aliphatic carbocycles. The molecule has 1 aromatic rings. The largest absolute Gasteiger partial charge is 0.396 e. The molecule has 0 aliphatic rings. The summed E-state index contributed by atoms with van der Waals surface area (Å²) in [5, 5.41) is 8.84. The van der Waals surface area contributed by atoms with E-state index in [2.05, 4.69) is 5.43 Å². The fourth-order valence-corrected chi connectivity index (χ4v) is 1.50. The molecule has 1 amide bonds. The van der Waals surface area contributed by atoms with Gasteiger partial charge in [0.25, 0.3) is 0 Å². The highest BCUT2D eigenvalue weighted by molar-refractivity contribution is 5.78. The van der Waals surface area contributed by atoms with Crippen LogP contribution in [0.25, 0.3) is 0 Å². The number of amides is 1. The molecule has 0 aliphatic heterocycles. The van der Waals surface area contributed by atoms with Crippen molar-refractivity contribution < 1.29 is 9.90 Å². The van der Waals surface area contributed by atoms with Crippen LogP contribution in [-0.4, -0.2) is 17.6 Å². The van der Waals surface area contributed by atoms with E-state index in [1.807, 2.05) is 30.3 Å². The Bertz CT molecular complexity index is 301. The molecule has 82 valence electrons. The van der Waals surface area contributed by atoms with Crippen LogP contribution in [0, 0.1) is 5.92 Å². The lowest BCUT2D eigenvalue weighted by Crippen LogP contribution is -2.37. The molecule has 1 atom stereocenters. The van der Waals surface area contributed by atoms with E-state index in [-0.39, 0.29) is 18.4 Å². The lowest BCUT2D eigenvalue weighted by atomic mass is 9.96. The Morgan fingerprint density at radius 2 is 2.07 bits per heavy atom. The van der Waals surface area contributed by atoms with Crippen LogP contribution in [0.2, 0.25) is 0 Å². The van der Waals surface area contributed by atoms with Crippen molar-refractivity contribution in [3.63, 3.8) is 0 Å². The van der Waals surface area contributed by atoms with Gasteiger partial charge in [-0.15, -0.1) is 0 Å². The van der Waals surface area contributed by atoms with Gasteiger partial charge < -0.3 is 5.11 Å². The SMILES string of the molecule is NNC(=O)[C@@H](CCO)Cc1ccccc1. The number of hydrogen-bond acceptors (Lipinski definition) is 3. The quantitative estimate of drug-likeness (QED) is 0.368. The van der Waals surface area contributed by atoms with Crippen molar-refractivity contribution in [1.82, 2.24) is 5.43 Å². The monoisotopic (exact) mass is 208 g/mol. The minimum atomic E-state index is -0.262. The first-order valence-electron chi connectivity index (χ1n) is 4.93. The highest BCUT2D eigenvalue weighted by Gasteiger charge is 2.16. The average Bonchev–Trinajstić information content (AvgIpc) is 2.29. The molecule has 0 bridgehead atoms. The van der Waals surface area contributed by atoms with Crippen LogP contribution >= 0.6 is 0 Å². The Kier molecular flexibility index (Phi) is 4.80. The number of benzene rings is 1. The van der Waals surface area contributed by atoms with Crippen molar-refractivity contribution >= 4 is 5.91 Å². The van der Waals surface area contributed by atoms with E-state index in [9.17, 15) is 4.79 Å². The number of aliphatic hydroxyl groups excluding tert-OH is 1. The summed E-state index contributed by atoms with van der Waals surface area (Å²) in [6.45, 7) is -0.00901. The molecule has 0 saturated carbocycles. The molecular weight excluding hydrogens is 192 g/mol. The minimum absolute atomic E-state index is 0.00901. The number of carbonyl (C=O) groups is 1. The summed E-state index contributed by atoms with van der Waals surface area (Å²) in [7, 11) is 0. The summed E-state index contributed by atoms with van der Waals surface area (Å²) in [4.78, 5) is 11.4. The van der Waals surface area contributed by atoms with Crippen molar-refractivity contribution in [2.45, 2.75) is 12.8 Å². The second-order valence-electron chi connectivity index (χ2n) is 3.41. The molecule has 15 heavy (non-hydrogen) atoms. The maximum absolute atomic E-state index is 11.4. The molecule has 0 radical (unpaired) electrons. The van der Waals surface area contributed by atoms with E-state index in [0.29, 0.717) is 12.8 Å². The highest BCUT2D eigenvalue weighted by atomic mass is 16.3. The second-order valence-corrected chi connectivity index (χ2v) is 3.41. The number of hydrazine groups is 1. The summed E-state index contributed by atoms with van der Waals surface area (Å²) in [6, 6.07) is 9.67. The van der Waals surface area contributed by atoms with Crippen LogP contribution in [0.5, 0.6) is 0 Å². The lowest BCUT2D eigenvalue weighted by Gasteiger charge is -2.13. The van der Waals surface area contributed by atoms with Gasteiger partial charge in [-0.25, -0.2) is 5.84 Å². The molecule has 1 aromatic carbocycles. The van der Waals surface area contributed by atoms with Crippen LogP contribution in [0.1, 0.15) is 12.0 Å². The fraction of sp³-hybridized carbons (Fsp3) is 0.364. The van der Waals surface area contributed by atoms with E-state index >= 15 is 0 Å². The van der Waals surface area contributed by atoms with Crippen molar-refractivity contribution in [2.75, 3.05) is 6.61 Å². The van der Waals surface area contributed by atoms with E-state index in [1.54, 1.807) is 0 Å². The third-order valence-corrected chi connectivity index (χ3v) is 2.32. The van der Waals surface area contributed by atoms with Crippen LogP contribution < -0.4 is 11.3 Å². The molecule has 0 saturated heterocycles. The van der Waals surface area contributed by atoms with Crippen LogP contribution in [0.15, 0.2) is 30.3 Å². The van der Waals surface area contributed by atoms with Gasteiger partial charge >= 0.3 is 0 Å². The topological polar surface area (TPSA) is 75.3 Å². The van der Waals surface area contributed by atoms with E-state index in [1.165, 1.54) is 0 Å². The molecule has 4 nitrogen and oxygen atoms in total. The molecular formula is C11H16N2O2. The Balaban J connectivity index is 2.62. The number of carbonyl (C=O) groups excluding carboxylic acids is 1. The lowest BCUT2D eigenvalue weighted by molar-refractivity contribution is -0.125. The Morgan fingerprint density at radius 3 is 2.60 bits per heavy atom. The Labute approximate surface area is 89.1 Å². The third kappa shape index (κ3) is 3.69. The van der Waals surface area contributed by atoms with E-state index < -0.39 is 0 Å². The predicted octanol–water partition coefficient (Wildman–Crippen LogP) is 0.218. The molecule has 4 N–H and O–H groups in total. The van der Waals surface area contributed by atoms with Gasteiger partial charge in [0.1, 0.15) is 0 Å². The first-order chi connectivity index (χ1) is 7.27. The summed E-state index contributed by atoms with van der Waals surface area (Å²) >= 11 is 0. The number of hydrogen-bond donors (Lipinski definition) is 3. The van der Waals surface area contributed by atoms with Gasteiger partial charge in [-0.05, 0) is 18.4 Å². The zero-order chi connectivity index (χ0) is 11.1. The van der Waals surface area contributed by atoms with Crippen molar-refractivity contribution in [3.05, 3.63) is 35.9 Å². The summed E-state index contributed by atoms with van der Waals surface area (Å²) in [6.07, 6.45) is 1.03. The van der Waals surface area contributed by atoms with Gasteiger partial charge in [-0.1, -0.05) is 30.3 Å². The molecule has 1 rings (SSSR count). The van der Waals surface area contributed by atoms with Crippen molar-refractivity contribution in [2.24, 2.45) is 11.8 Å². The predicted molar refractivity (Wildman–Crippen MR) is 57.7 cm³/mol. The molecule has 0 aromatic heterocycles. The van der Waals surface area contributed by atoms with Crippen LogP contribution in [-0.2, 0) is 11.2 Å². The van der Waals surface area contributed by atoms with Gasteiger partial charge in [-0.3, -0.25) is 10.2 Å². The standard InChI is InChI=1S/C11H16N2O2/c12-13-11(15)10(6-7-14)8-9-4-2-1-3-5-9/h1-5,10,14H,6-8,12H2,(H,13,15)/t10-/m0/s1. The molecule has 0 spiro atoms. The van der Waals surface area contributed by atoms with Gasteiger partial charge in [0.05, 0.1) is 0 Å². The number of nitrogens with two attached hydrogens (primary N) is 1. The van der Waals surface area contributed by atoms with Crippen molar-refractivity contribution in [3.8, 4) is 0 Å². The normalized spacial score (nSPS) is 12.1. The Morgan fingerprint density at radius 1 is 1.40 bits per heavy atom. The first-order valence-corrected chi connectivity index (χ1v) is 4.93. The third-order valence-electron chi connectivity index (χ3n) is 2.32. The van der Waals surface area contributed by atoms with Crippen molar-refractivity contribution in [1.29, 1.82) is 0 Å².